The van der Waals surface area contributed by atoms with Crippen LogP contribution in [0.2, 0.25) is 30.7 Å². The third-order valence-electron chi connectivity index (χ3n) is 5.84. The topological polar surface area (TPSA) is 48.0 Å². The van der Waals surface area contributed by atoms with Gasteiger partial charge in [-0.1, -0.05) is 39.0 Å². The fourth-order valence-electron chi connectivity index (χ4n) is 3.11. The van der Waals surface area contributed by atoms with Gasteiger partial charge in [0.15, 0.2) is 0 Å². The van der Waals surface area contributed by atoms with Crippen LogP contribution in [0.5, 0.6) is 0 Å². The van der Waals surface area contributed by atoms with Crippen LogP contribution in [0.4, 0.5) is 5.69 Å². The third-order valence-corrected chi connectivity index (χ3v) is 13.3. The van der Waals surface area contributed by atoms with E-state index in [9.17, 15) is 4.79 Å². The maximum absolute atomic E-state index is 12.6. The predicted octanol–water partition coefficient (Wildman–Crippen LogP) is 5.97. The highest BCUT2D eigenvalue weighted by Gasteiger charge is 2.40. The lowest BCUT2D eigenvalue weighted by Gasteiger charge is -2.35. The van der Waals surface area contributed by atoms with Crippen LogP contribution in [-0.2, 0) is 18.1 Å². The molecule has 0 saturated carbocycles. The summed E-state index contributed by atoms with van der Waals surface area (Å²) in [5.41, 5.74) is 1.13. The van der Waals surface area contributed by atoms with Crippen LogP contribution in [0.25, 0.3) is 0 Å². The van der Waals surface area contributed by atoms with Gasteiger partial charge in [0.25, 0.3) is 14.3 Å². The molecule has 0 radical (unpaired) electrons. The summed E-state index contributed by atoms with van der Waals surface area (Å²) in [6, 6.07) is 11.2. The number of benzene rings is 1. The molecule has 1 aromatic carbocycles. The zero-order valence-corrected chi connectivity index (χ0v) is 22.4. The van der Waals surface area contributed by atoms with E-state index in [4.69, 9.17) is 13.3 Å². The zero-order chi connectivity index (χ0) is 22.8. The molecule has 0 saturated heterocycles. The van der Waals surface area contributed by atoms with Crippen LogP contribution in [0.1, 0.15) is 47.5 Å². The highest BCUT2D eigenvalue weighted by atomic mass is 28.4. The fourth-order valence-corrected chi connectivity index (χ4v) is 6.48. The van der Waals surface area contributed by atoms with Crippen molar-refractivity contribution in [1.29, 1.82) is 0 Å². The Labute approximate surface area is 186 Å². The molecular formula is C23H43NO4Si2. The lowest BCUT2D eigenvalue weighted by Crippen LogP contribution is -2.43. The summed E-state index contributed by atoms with van der Waals surface area (Å²) in [6.07, 6.45) is 1.36. The fraction of sp³-hybridized carbons (Fsp3) is 0.696. The molecule has 0 aliphatic heterocycles. The second kappa shape index (κ2) is 12.0. The van der Waals surface area contributed by atoms with Gasteiger partial charge >= 0.3 is 8.56 Å². The van der Waals surface area contributed by atoms with Gasteiger partial charge in [0.1, 0.15) is 0 Å². The molecule has 7 heteroatoms. The Balaban J connectivity index is 2.73. The summed E-state index contributed by atoms with van der Waals surface area (Å²) in [5.74, 6) is -0.0923. The number of hydrogen-bond donors (Lipinski definition) is 0. The molecule has 30 heavy (non-hydrogen) atoms. The molecule has 0 atom stereocenters. The lowest BCUT2D eigenvalue weighted by molar-refractivity contribution is -0.135. The average Bonchev–Trinajstić information content (AvgIpc) is 2.64. The van der Waals surface area contributed by atoms with Crippen LogP contribution in [0, 0.1) is 0 Å². The molecule has 0 bridgehead atoms. The highest BCUT2D eigenvalue weighted by molar-refractivity contribution is 6.75. The van der Waals surface area contributed by atoms with Gasteiger partial charge in [-0.05, 0) is 63.1 Å². The number of nitrogens with zero attached hydrogens (tertiary/aromatic N) is 1. The largest absolute Gasteiger partial charge is 0.519 e. The summed E-state index contributed by atoms with van der Waals surface area (Å²) in [6.45, 7) is 19.8. The Bertz CT molecular complexity index is 626. The maximum atomic E-state index is 12.6. The van der Waals surface area contributed by atoms with E-state index >= 15 is 0 Å². The number of carbonyl (C=O) groups excluding carboxylic acids is 1. The average molecular weight is 454 g/mol. The first-order valence-electron chi connectivity index (χ1n) is 11.2. The quantitative estimate of drug-likeness (QED) is 0.345. The van der Waals surface area contributed by atoms with E-state index in [1.165, 1.54) is 0 Å². The van der Waals surface area contributed by atoms with Crippen LogP contribution in [-0.4, -0.2) is 49.2 Å². The molecule has 172 valence electrons. The minimum Gasteiger partial charge on any atom is -0.519 e. The van der Waals surface area contributed by atoms with E-state index in [0.29, 0.717) is 26.2 Å². The van der Waals surface area contributed by atoms with E-state index in [1.807, 2.05) is 32.0 Å². The summed E-state index contributed by atoms with van der Waals surface area (Å²) < 4.78 is 17.9. The summed E-state index contributed by atoms with van der Waals surface area (Å²) >= 11 is 0. The minimum atomic E-state index is -2.13. The Hall–Kier alpha value is -1.16. The molecule has 1 aromatic rings. The minimum absolute atomic E-state index is 0.0232. The van der Waals surface area contributed by atoms with Crippen molar-refractivity contribution in [2.75, 3.05) is 31.2 Å². The number of hydrogen-bond acceptors (Lipinski definition) is 5. The molecular weight excluding hydrogens is 410 g/mol. The number of rotatable bonds is 13. The van der Waals surface area contributed by atoms with Crippen LogP contribution >= 0.6 is 0 Å². The third kappa shape index (κ3) is 8.92. The molecule has 0 aromatic heterocycles. The van der Waals surface area contributed by atoms with Crippen LogP contribution in [0.3, 0.4) is 0 Å². The summed E-state index contributed by atoms with van der Waals surface area (Å²) in [5, 5.41) is 0.0232. The first-order valence-corrected chi connectivity index (χ1v) is 16.7. The van der Waals surface area contributed by atoms with Crippen LogP contribution < -0.4 is 4.90 Å². The standard InChI is InChI=1S/C23H43NO4Si2/c1-9-26-30(8,27-10-2)20-14-18-24(21-15-12-11-13-16-21)19-17-22(25)28-29(6,7)23(3,4)5/h11-13,15-16H,9-10,14,17-20H2,1-8H3. The Morgan fingerprint density at radius 1 is 0.967 bits per heavy atom. The second-order valence-electron chi connectivity index (χ2n) is 9.41. The molecule has 0 unspecified atom stereocenters. The van der Waals surface area contributed by atoms with Crippen molar-refractivity contribution in [3.05, 3.63) is 30.3 Å². The van der Waals surface area contributed by atoms with Gasteiger partial charge in [0.05, 0.1) is 6.42 Å². The Morgan fingerprint density at radius 3 is 2.03 bits per heavy atom. The van der Waals surface area contributed by atoms with Gasteiger partial charge < -0.3 is 18.2 Å². The molecule has 0 amide bonds. The lowest BCUT2D eigenvalue weighted by atomic mass is 10.2. The van der Waals surface area contributed by atoms with Crippen molar-refractivity contribution in [2.45, 2.75) is 78.2 Å². The van der Waals surface area contributed by atoms with Crippen molar-refractivity contribution >= 4 is 28.5 Å². The normalized spacial score (nSPS) is 12.7. The summed E-state index contributed by atoms with van der Waals surface area (Å²) in [7, 11) is -4.21. The van der Waals surface area contributed by atoms with Crippen LogP contribution in [0.15, 0.2) is 30.3 Å². The molecule has 0 fully saturated rings. The summed E-state index contributed by atoms with van der Waals surface area (Å²) in [4.78, 5) is 14.9. The monoisotopic (exact) mass is 453 g/mol. The van der Waals surface area contributed by atoms with Gasteiger partial charge in [0.2, 0.25) is 0 Å². The maximum Gasteiger partial charge on any atom is 0.334 e. The molecule has 0 heterocycles. The van der Waals surface area contributed by atoms with Gasteiger partial charge in [0, 0.05) is 32.0 Å². The number of carbonyl (C=O) groups is 1. The van der Waals surface area contributed by atoms with Crippen molar-refractivity contribution in [3.63, 3.8) is 0 Å². The predicted molar refractivity (Wildman–Crippen MR) is 131 cm³/mol. The Morgan fingerprint density at radius 2 is 1.53 bits per heavy atom. The molecule has 0 spiro atoms. The first kappa shape index (κ1) is 26.9. The van der Waals surface area contributed by atoms with Crippen molar-refractivity contribution in [1.82, 2.24) is 0 Å². The molecule has 1 rings (SSSR count). The van der Waals surface area contributed by atoms with Crippen molar-refractivity contribution in [2.24, 2.45) is 0 Å². The molecule has 0 N–H and O–H groups in total. The van der Waals surface area contributed by atoms with Gasteiger partial charge in [-0.25, -0.2) is 0 Å². The van der Waals surface area contributed by atoms with E-state index < -0.39 is 16.9 Å². The molecule has 0 aliphatic carbocycles. The second-order valence-corrected chi connectivity index (χ2v) is 17.5. The number of anilines is 1. The van der Waals surface area contributed by atoms with E-state index in [-0.39, 0.29) is 11.0 Å². The van der Waals surface area contributed by atoms with E-state index in [0.717, 1.165) is 24.7 Å². The van der Waals surface area contributed by atoms with Crippen molar-refractivity contribution in [3.8, 4) is 0 Å². The Kier molecular flexibility index (Phi) is 10.8. The SMILES string of the molecule is CCO[Si](C)(CCCN(CCC(=O)O[Si](C)(C)C(C)(C)C)c1ccccc1)OCC. The smallest absolute Gasteiger partial charge is 0.334 e. The molecule has 0 aliphatic rings. The van der Waals surface area contributed by atoms with Gasteiger partial charge in [-0.2, -0.15) is 0 Å². The molecule has 5 nitrogen and oxygen atoms in total. The highest BCUT2D eigenvalue weighted by Crippen LogP contribution is 2.36. The zero-order valence-electron chi connectivity index (χ0n) is 20.4. The van der Waals surface area contributed by atoms with E-state index in [1.54, 1.807) is 0 Å². The van der Waals surface area contributed by atoms with Gasteiger partial charge in [-0.3, -0.25) is 4.79 Å². The van der Waals surface area contributed by atoms with Gasteiger partial charge in [-0.15, -0.1) is 0 Å². The first-order chi connectivity index (χ1) is 13.9. The van der Waals surface area contributed by atoms with Crippen molar-refractivity contribution < 1.29 is 18.1 Å². The van der Waals surface area contributed by atoms with E-state index in [2.05, 4.69) is 57.4 Å². The number of para-hydroxylation sites is 1.